The van der Waals surface area contributed by atoms with Gasteiger partial charge in [0.15, 0.2) is 5.72 Å². The van der Waals surface area contributed by atoms with Crippen LogP contribution in [0.4, 0.5) is 0 Å². The number of fused-ring (bicyclic) bond motifs is 1. The molecule has 3 N–H and O–H groups in total. The van der Waals surface area contributed by atoms with Gasteiger partial charge < -0.3 is 20.1 Å². The van der Waals surface area contributed by atoms with Crippen molar-refractivity contribution in [1.82, 2.24) is 4.90 Å². The third-order valence-corrected chi connectivity index (χ3v) is 8.00. The Balaban J connectivity index is 1.70. The average Bonchev–Trinajstić information content (AvgIpc) is 3.65. The normalized spacial score (nSPS) is 21.6. The number of amides is 1. The summed E-state index contributed by atoms with van der Waals surface area (Å²) in [4.78, 5) is 15.8. The van der Waals surface area contributed by atoms with Crippen LogP contribution >= 0.6 is 11.6 Å². The molecule has 2 atom stereocenters. The number of nitrogens with zero attached hydrogens (tertiary/aromatic N) is 1. The van der Waals surface area contributed by atoms with Crippen molar-refractivity contribution < 1.29 is 24.9 Å². The van der Waals surface area contributed by atoms with E-state index in [-0.39, 0.29) is 31.1 Å². The van der Waals surface area contributed by atoms with Gasteiger partial charge in [-0.05, 0) is 56.0 Å². The summed E-state index contributed by atoms with van der Waals surface area (Å²) < 4.78 is 6.78. The molecular formula is C30H32ClNO5. The Morgan fingerprint density at radius 1 is 1.03 bits per heavy atom. The fraction of sp³-hybridized carbons (Fsp3) is 0.367. The van der Waals surface area contributed by atoms with Gasteiger partial charge >= 0.3 is 0 Å². The van der Waals surface area contributed by atoms with E-state index < -0.39 is 17.9 Å². The zero-order valence-corrected chi connectivity index (χ0v) is 21.8. The minimum Gasteiger partial charge on any atom is -0.396 e. The number of hydrogen-bond donors (Lipinski definition) is 3. The van der Waals surface area contributed by atoms with Gasteiger partial charge in [-0.1, -0.05) is 65.7 Å². The van der Waals surface area contributed by atoms with Crippen molar-refractivity contribution in [1.29, 1.82) is 0 Å². The topological polar surface area (TPSA) is 90.2 Å². The highest BCUT2D eigenvalue weighted by molar-refractivity contribution is 6.30. The van der Waals surface area contributed by atoms with Gasteiger partial charge in [0.05, 0.1) is 19.8 Å². The molecule has 1 fully saturated rings. The second kappa shape index (κ2) is 9.53. The lowest BCUT2D eigenvalue weighted by Crippen LogP contribution is -2.47. The molecule has 0 aromatic heterocycles. The molecule has 0 saturated heterocycles. The molecule has 1 unspecified atom stereocenters. The van der Waals surface area contributed by atoms with E-state index in [9.17, 15) is 20.1 Å². The predicted molar refractivity (Wildman–Crippen MR) is 141 cm³/mol. The Hall–Kier alpha value is -2.74. The standard InChI is InChI=1S/C30H32ClNO5/c1-20-3-5-21(6-4-20)16-32-27(35)25-15-23(28(2,36)17-33)9-12-26(25)30(32,22-7-10-24(31)11-8-22)37-19-29(18-34)13-14-29/h3-12,15,33-34,36H,13-14,16-19H2,1-2H3/t28?,30-/m1/s1. The largest absolute Gasteiger partial charge is 0.396 e. The van der Waals surface area contributed by atoms with Crippen molar-refractivity contribution in [2.75, 3.05) is 19.8 Å². The Morgan fingerprint density at radius 3 is 2.30 bits per heavy atom. The molecule has 1 amide bonds. The number of rotatable bonds is 9. The molecule has 5 rings (SSSR count). The van der Waals surface area contributed by atoms with Gasteiger partial charge in [0.2, 0.25) is 0 Å². The lowest BCUT2D eigenvalue weighted by molar-refractivity contribution is -0.128. The van der Waals surface area contributed by atoms with Gasteiger partial charge in [-0.15, -0.1) is 0 Å². The third kappa shape index (κ3) is 4.58. The fourth-order valence-corrected chi connectivity index (χ4v) is 5.07. The van der Waals surface area contributed by atoms with Crippen molar-refractivity contribution >= 4 is 17.5 Å². The minimum absolute atomic E-state index is 0.0147. The molecule has 0 bridgehead atoms. The van der Waals surface area contributed by atoms with Crippen molar-refractivity contribution in [3.8, 4) is 0 Å². The van der Waals surface area contributed by atoms with Crippen LogP contribution in [0.15, 0.2) is 66.7 Å². The van der Waals surface area contributed by atoms with Gasteiger partial charge in [0.25, 0.3) is 5.91 Å². The Labute approximate surface area is 222 Å². The van der Waals surface area contributed by atoms with E-state index in [0.717, 1.165) is 29.5 Å². The van der Waals surface area contributed by atoms with Gasteiger partial charge in [-0.2, -0.15) is 0 Å². The summed E-state index contributed by atoms with van der Waals surface area (Å²) in [6, 6.07) is 20.5. The molecule has 2 aliphatic rings. The van der Waals surface area contributed by atoms with Crippen molar-refractivity contribution in [3.05, 3.63) is 105 Å². The fourth-order valence-electron chi connectivity index (χ4n) is 4.94. The molecule has 6 nitrogen and oxygen atoms in total. The molecule has 1 saturated carbocycles. The van der Waals surface area contributed by atoms with Gasteiger partial charge in [0.1, 0.15) is 5.60 Å². The monoisotopic (exact) mass is 521 g/mol. The number of carbonyl (C=O) groups is 1. The summed E-state index contributed by atoms with van der Waals surface area (Å²) in [5, 5.41) is 31.0. The van der Waals surface area contributed by atoms with Crippen LogP contribution in [0, 0.1) is 12.3 Å². The average molecular weight is 522 g/mol. The van der Waals surface area contributed by atoms with E-state index in [0.29, 0.717) is 21.7 Å². The molecule has 194 valence electrons. The number of aliphatic hydroxyl groups is 3. The summed E-state index contributed by atoms with van der Waals surface area (Å²) in [5.74, 6) is -0.241. The second-order valence-corrected chi connectivity index (χ2v) is 11.1. The Kier molecular flexibility index (Phi) is 6.67. The van der Waals surface area contributed by atoms with Crippen LogP contribution in [-0.4, -0.2) is 45.9 Å². The summed E-state index contributed by atoms with van der Waals surface area (Å²) in [6.45, 7) is 3.62. The molecule has 1 aliphatic carbocycles. The third-order valence-electron chi connectivity index (χ3n) is 7.75. The Morgan fingerprint density at radius 2 is 1.70 bits per heavy atom. The maximum atomic E-state index is 14.1. The van der Waals surface area contributed by atoms with E-state index >= 15 is 0 Å². The molecule has 1 aliphatic heterocycles. The number of aryl methyl sites for hydroxylation is 1. The van der Waals surface area contributed by atoms with Crippen LogP contribution in [0.5, 0.6) is 0 Å². The highest BCUT2D eigenvalue weighted by Gasteiger charge is 2.55. The summed E-state index contributed by atoms with van der Waals surface area (Å²) in [7, 11) is 0. The van der Waals surface area contributed by atoms with Crippen molar-refractivity contribution in [3.63, 3.8) is 0 Å². The van der Waals surface area contributed by atoms with Gasteiger partial charge in [-0.3, -0.25) is 9.69 Å². The number of ether oxygens (including phenoxy) is 1. The summed E-state index contributed by atoms with van der Waals surface area (Å²) >= 11 is 6.24. The number of hydrogen-bond acceptors (Lipinski definition) is 5. The van der Waals surface area contributed by atoms with Crippen LogP contribution in [0.2, 0.25) is 5.02 Å². The summed E-state index contributed by atoms with van der Waals surface area (Å²) in [6.07, 6.45) is 1.72. The molecule has 3 aromatic rings. The first-order chi connectivity index (χ1) is 17.6. The van der Waals surface area contributed by atoms with E-state index in [1.165, 1.54) is 6.92 Å². The summed E-state index contributed by atoms with van der Waals surface area (Å²) in [5.41, 5.74) is 1.22. The maximum absolute atomic E-state index is 14.1. The molecule has 1 heterocycles. The molecular weight excluding hydrogens is 490 g/mol. The zero-order valence-electron chi connectivity index (χ0n) is 21.1. The lowest BCUT2D eigenvalue weighted by atomic mass is 9.88. The zero-order chi connectivity index (χ0) is 26.4. The van der Waals surface area contributed by atoms with Crippen LogP contribution in [-0.2, 0) is 22.6 Å². The van der Waals surface area contributed by atoms with E-state index in [4.69, 9.17) is 16.3 Å². The lowest BCUT2D eigenvalue weighted by Gasteiger charge is -2.40. The SMILES string of the molecule is Cc1ccc(CN2C(=O)c3cc(C(C)(O)CO)ccc3[C@]2(OCC2(CO)CC2)c2ccc(Cl)cc2)cc1. The maximum Gasteiger partial charge on any atom is 0.257 e. The molecule has 0 radical (unpaired) electrons. The molecule has 37 heavy (non-hydrogen) atoms. The van der Waals surface area contributed by atoms with Gasteiger partial charge in [-0.25, -0.2) is 0 Å². The molecule has 3 aromatic carbocycles. The van der Waals surface area contributed by atoms with Crippen LogP contribution in [0.1, 0.15) is 57.9 Å². The minimum atomic E-state index is -1.50. The molecule has 0 spiro atoms. The van der Waals surface area contributed by atoms with Crippen LogP contribution in [0.25, 0.3) is 0 Å². The smallest absolute Gasteiger partial charge is 0.257 e. The first-order valence-electron chi connectivity index (χ1n) is 12.5. The Bertz CT molecular complexity index is 1300. The second-order valence-electron chi connectivity index (χ2n) is 10.7. The van der Waals surface area contributed by atoms with Gasteiger partial charge in [0, 0.05) is 33.7 Å². The van der Waals surface area contributed by atoms with Crippen LogP contribution < -0.4 is 0 Å². The van der Waals surface area contributed by atoms with Crippen molar-refractivity contribution in [2.45, 2.75) is 44.6 Å². The van der Waals surface area contributed by atoms with Crippen LogP contribution in [0.3, 0.4) is 0 Å². The highest BCUT2D eigenvalue weighted by atomic mass is 35.5. The number of halogens is 1. The van der Waals surface area contributed by atoms with E-state index in [2.05, 4.69) is 0 Å². The molecule has 7 heteroatoms. The number of carbonyl (C=O) groups excluding carboxylic acids is 1. The van der Waals surface area contributed by atoms with E-state index in [1.807, 2.05) is 43.3 Å². The number of aliphatic hydroxyl groups excluding tert-OH is 2. The quantitative estimate of drug-likeness (QED) is 0.386. The predicted octanol–water partition coefficient (Wildman–Crippen LogP) is 4.49. The first kappa shape index (κ1) is 25.9. The highest BCUT2D eigenvalue weighted by Crippen LogP contribution is 2.51. The first-order valence-corrected chi connectivity index (χ1v) is 12.9. The number of benzene rings is 3. The van der Waals surface area contributed by atoms with E-state index in [1.54, 1.807) is 35.2 Å². The van der Waals surface area contributed by atoms with Crippen molar-refractivity contribution in [2.24, 2.45) is 5.41 Å².